The predicted octanol–water partition coefficient (Wildman–Crippen LogP) is 4.83. The molecule has 4 rings (SSSR count). The van der Waals surface area contributed by atoms with Gasteiger partial charge < -0.3 is 25.8 Å². The number of hydrogen-bond acceptors (Lipinski definition) is 6. The van der Waals surface area contributed by atoms with E-state index in [9.17, 15) is 9.90 Å². The molecule has 6 heteroatoms. The Bertz CT molecular complexity index is 779. The van der Waals surface area contributed by atoms with E-state index >= 15 is 0 Å². The smallest absolute Gasteiger partial charge is 0.305 e. The maximum Gasteiger partial charge on any atom is 0.305 e. The number of nitrogens with two attached hydrogens (primary N) is 1. The SMILES string of the molecule is COC(=O)CC[C@@H](C)[C@H]1CCC2C3C(CC[C@@]21C)[C@@]1(C)CC[C@H](NCCCN(C)CCCN)CC1C[C@@H]3O. The molecule has 4 aliphatic rings. The Morgan fingerprint density at radius 1 is 1.08 bits per heavy atom. The molecule has 4 saturated carbocycles. The van der Waals surface area contributed by atoms with Crippen LogP contribution in [0.5, 0.6) is 0 Å². The molecule has 0 radical (unpaired) electrons. The number of hydrogen-bond donors (Lipinski definition) is 3. The Balaban J connectivity index is 1.33. The molecule has 0 aromatic carbocycles. The lowest BCUT2D eigenvalue weighted by molar-refractivity contribution is -0.167. The largest absolute Gasteiger partial charge is 0.469 e. The van der Waals surface area contributed by atoms with E-state index in [0.29, 0.717) is 58.8 Å². The molecule has 38 heavy (non-hydrogen) atoms. The molecule has 0 spiro atoms. The molecule has 6 nitrogen and oxygen atoms in total. The van der Waals surface area contributed by atoms with Crippen molar-refractivity contribution in [3.05, 3.63) is 0 Å². The minimum atomic E-state index is -0.151. The van der Waals surface area contributed by atoms with Crippen LogP contribution in [0.15, 0.2) is 0 Å². The van der Waals surface area contributed by atoms with Crippen LogP contribution in [-0.2, 0) is 9.53 Å². The average Bonchev–Trinajstić information content (AvgIpc) is 3.26. The lowest BCUT2D eigenvalue weighted by Gasteiger charge is -2.62. The van der Waals surface area contributed by atoms with E-state index in [2.05, 4.69) is 38.0 Å². The van der Waals surface area contributed by atoms with Gasteiger partial charge in [0.2, 0.25) is 0 Å². The minimum absolute atomic E-state index is 0.0816. The van der Waals surface area contributed by atoms with Crippen molar-refractivity contribution in [3.63, 3.8) is 0 Å². The van der Waals surface area contributed by atoms with Gasteiger partial charge in [0.05, 0.1) is 13.2 Å². The Morgan fingerprint density at radius 2 is 1.79 bits per heavy atom. The first-order valence-electron chi connectivity index (χ1n) is 16.0. The molecule has 4 unspecified atom stereocenters. The number of fused-ring (bicyclic) bond motifs is 5. The van der Waals surface area contributed by atoms with Crippen LogP contribution in [0.3, 0.4) is 0 Å². The van der Waals surface area contributed by atoms with Crippen LogP contribution in [-0.4, -0.2) is 68.5 Å². The standard InChI is InChI=1S/C32H59N3O3/c1-22(8-11-29(37)38-5)25-9-10-26-30-27(13-15-32(25,26)3)31(2)14-12-24(20-23(31)21-28(30)36)34-17-7-19-35(4)18-6-16-33/h22-28,30,34,36H,6-21,33H2,1-5H3/t22-,23?,24+,25-,26?,27?,28+,30?,31+,32-/m1/s1. The fourth-order valence-electron chi connectivity index (χ4n) is 10.2. The highest BCUT2D eigenvalue weighted by Crippen LogP contribution is 2.68. The lowest BCUT2D eigenvalue weighted by atomic mass is 9.43. The van der Waals surface area contributed by atoms with E-state index in [1.165, 1.54) is 58.5 Å². The van der Waals surface area contributed by atoms with E-state index in [1.54, 1.807) is 0 Å². The van der Waals surface area contributed by atoms with Crippen LogP contribution < -0.4 is 11.1 Å². The third-order valence-corrected chi connectivity index (χ3v) is 12.4. The number of methoxy groups -OCH3 is 1. The highest BCUT2D eigenvalue weighted by Gasteiger charge is 2.62. The van der Waals surface area contributed by atoms with Crippen molar-refractivity contribution in [3.8, 4) is 0 Å². The number of carbonyl (C=O) groups is 1. The van der Waals surface area contributed by atoms with E-state index in [-0.39, 0.29) is 12.1 Å². The molecule has 10 atom stereocenters. The average molecular weight is 534 g/mol. The van der Waals surface area contributed by atoms with Crippen LogP contribution >= 0.6 is 0 Å². The number of esters is 1. The molecule has 0 amide bonds. The van der Waals surface area contributed by atoms with Crippen molar-refractivity contribution in [1.29, 1.82) is 0 Å². The van der Waals surface area contributed by atoms with Crippen molar-refractivity contribution >= 4 is 5.97 Å². The van der Waals surface area contributed by atoms with Gasteiger partial charge in [-0.1, -0.05) is 20.8 Å². The van der Waals surface area contributed by atoms with E-state index in [1.807, 2.05) is 0 Å². The number of nitrogens with one attached hydrogen (secondary N) is 1. The van der Waals surface area contributed by atoms with Gasteiger partial charge in [0.1, 0.15) is 0 Å². The molecule has 4 aliphatic carbocycles. The summed E-state index contributed by atoms with van der Waals surface area (Å²) in [5.41, 5.74) is 6.33. The van der Waals surface area contributed by atoms with Crippen molar-refractivity contribution in [1.82, 2.24) is 10.2 Å². The third kappa shape index (κ3) is 6.14. The zero-order valence-electron chi connectivity index (χ0n) is 25.2. The zero-order chi connectivity index (χ0) is 27.5. The van der Waals surface area contributed by atoms with Gasteiger partial charge in [-0.3, -0.25) is 4.79 Å². The second-order valence-corrected chi connectivity index (χ2v) is 14.3. The molecule has 0 aliphatic heterocycles. The molecule has 220 valence electrons. The quantitative estimate of drug-likeness (QED) is 0.246. The second kappa shape index (κ2) is 12.9. The van der Waals surface area contributed by atoms with Gasteiger partial charge in [-0.05, 0) is 150 Å². The summed E-state index contributed by atoms with van der Waals surface area (Å²) in [6.07, 6.45) is 13.5. The monoisotopic (exact) mass is 533 g/mol. The molecule has 4 N–H and O–H groups in total. The van der Waals surface area contributed by atoms with Gasteiger partial charge in [0.25, 0.3) is 0 Å². The van der Waals surface area contributed by atoms with E-state index < -0.39 is 0 Å². The molecular weight excluding hydrogens is 474 g/mol. The maximum absolute atomic E-state index is 11.8. The van der Waals surface area contributed by atoms with E-state index in [0.717, 1.165) is 45.4 Å². The summed E-state index contributed by atoms with van der Waals surface area (Å²) in [5.74, 6) is 3.50. The van der Waals surface area contributed by atoms with Gasteiger partial charge in [-0.25, -0.2) is 0 Å². The fourth-order valence-corrected chi connectivity index (χ4v) is 10.2. The van der Waals surface area contributed by atoms with Crippen molar-refractivity contribution in [2.75, 3.05) is 40.3 Å². The van der Waals surface area contributed by atoms with Crippen molar-refractivity contribution in [2.45, 2.75) is 110 Å². The molecule has 0 bridgehead atoms. The molecule has 0 saturated heterocycles. The normalized spacial score (nSPS) is 41.3. The molecule has 4 fully saturated rings. The van der Waals surface area contributed by atoms with Crippen LogP contribution in [0.4, 0.5) is 0 Å². The molecule has 0 aromatic rings. The minimum Gasteiger partial charge on any atom is -0.469 e. The Hall–Kier alpha value is -0.690. The zero-order valence-corrected chi connectivity index (χ0v) is 25.2. The second-order valence-electron chi connectivity index (χ2n) is 14.3. The Labute approximate surface area is 233 Å². The number of ether oxygens (including phenoxy) is 1. The summed E-state index contributed by atoms with van der Waals surface area (Å²) in [6, 6.07) is 0.603. The summed E-state index contributed by atoms with van der Waals surface area (Å²) >= 11 is 0. The summed E-state index contributed by atoms with van der Waals surface area (Å²) in [6.45, 7) is 11.6. The first kappa shape index (κ1) is 30.3. The van der Waals surface area contributed by atoms with Gasteiger partial charge in [0, 0.05) is 12.5 Å². The predicted molar refractivity (Wildman–Crippen MR) is 155 cm³/mol. The summed E-state index contributed by atoms with van der Waals surface area (Å²) in [4.78, 5) is 14.2. The van der Waals surface area contributed by atoms with Gasteiger partial charge >= 0.3 is 5.97 Å². The molecular formula is C32H59N3O3. The van der Waals surface area contributed by atoms with Crippen molar-refractivity contribution in [2.24, 2.45) is 52.1 Å². The fraction of sp³-hybridized carbons (Fsp3) is 0.969. The van der Waals surface area contributed by atoms with Gasteiger partial charge in [-0.15, -0.1) is 0 Å². The van der Waals surface area contributed by atoms with Crippen LogP contribution in [0, 0.1) is 46.3 Å². The third-order valence-electron chi connectivity index (χ3n) is 12.4. The van der Waals surface area contributed by atoms with Crippen LogP contribution in [0.25, 0.3) is 0 Å². The van der Waals surface area contributed by atoms with E-state index in [4.69, 9.17) is 10.5 Å². The number of rotatable bonds is 12. The lowest BCUT2D eigenvalue weighted by Crippen LogP contribution is -2.59. The summed E-state index contributed by atoms with van der Waals surface area (Å²) in [5, 5.41) is 15.6. The summed E-state index contributed by atoms with van der Waals surface area (Å²) in [7, 11) is 3.69. The van der Waals surface area contributed by atoms with Crippen LogP contribution in [0.1, 0.15) is 97.8 Å². The number of nitrogens with zero attached hydrogens (tertiary/aromatic N) is 1. The van der Waals surface area contributed by atoms with Crippen LogP contribution in [0.2, 0.25) is 0 Å². The van der Waals surface area contributed by atoms with Gasteiger partial charge in [0.15, 0.2) is 0 Å². The number of aliphatic hydroxyl groups is 1. The molecule has 0 heterocycles. The highest BCUT2D eigenvalue weighted by atomic mass is 16.5. The number of aliphatic hydroxyl groups excluding tert-OH is 1. The molecule has 0 aromatic heterocycles. The first-order valence-corrected chi connectivity index (χ1v) is 16.0. The van der Waals surface area contributed by atoms with Crippen molar-refractivity contribution < 1.29 is 14.6 Å². The first-order chi connectivity index (χ1) is 18.1. The highest BCUT2D eigenvalue weighted by molar-refractivity contribution is 5.69. The topological polar surface area (TPSA) is 87.8 Å². The summed E-state index contributed by atoms with van der Waals surface area (Å²) < 4.78 is 4.92. The Kier molecular flexibility index (Phi) is 10.3. The van der Waals surface area contributed by atoms with Gasteiger partial charge in [-0.2, -0.15) is 0 Å². The Morgan fingerprint density at radius 3 is 2.53 bits per heavy atom. The maximum atomic E-state index is 11.8. The number of carbonyl (C=O) groups excluding carboxylic acids is 1.